The molecule has 8 heteroatoms. The molecule has 2 N–H and O–H groups in total. The van der Waals surface area contributed by atoms with Crippen molar-refractivity contribution in [2.24, 2.45) is 0 Å². The lowest BCUT2D eigenvalue weighted by Crippen LogP contribution is -2.29. The SMILES string of the molecule is COc1c(Cl)cc(C)cc1/C(O)=C1/C(=O)C(=O)N(c2ccccc2O)C1c1ccco1. The highest BCUT2D eigenvalue weighted by molar-refractivity contribution is 6.52. The molecule has 1 saturated heterocycles. The van der Waals surface area contributed by atoms with Crippen LogP contribution in [0.3, 0.4) is 0 Å². The summed E-state index contributed by atoms with van der Waals surface area (Å²) in [6, 6.07) is 11.5. The fourth-order valence-electron chi connectivity index (χ4n) is 3.72. The zero-order chi connectivity index (χ0) is 22.3. The third-order valence-corrected chi connectivity index (χ3v) is 5.33. The van der Waals surface area contributed by atoms with E-state index in [0.717, 1.165) is 10.5 Å². The molecule has 3 aromatic rings. The predicted octanol–water partition coefficient (Wildman–Crippen LogP) is 4.58. The quantitative estimate of drug-likeness (QED) is 0.350. The summed E-state index contributed by atoms with van der Waals surface area (Å²) in [4.78, 5) is 27.2. The fraction of sp³-hybridized carbons (Fsp3) is 0.130. The number of ketones is 1. The molecule has 1 amide bonds. The Kier molecular flexibility index (Phi) is 5.20. The van der Waals surface area contributed by atoms with Gasteiger partial charge in [0.05, 0.1) is 35.2 Å². The van der Waals surface area contributed by atoms with Gasteiger partial charge in [-0.15, -0.1) is 0 Å². The molecule has 1 atom stereocenters. The molecule has 1 unspecified atom stereocenters. The Hall–Kier alpha value is -3.71. The lowest BCUT2D eigenvalue weighted by Gasteiger charge is -2.24. The second-order valence-electron chi connectivity index (χ2n) is 7.00. The van der Waals surface area contributed by atoms with E-state index >= 15 is 0 Å². The Bertz CT molecular complexity index is 1210. The van der Waals surface area contributed by atoms with Crippen molar-refractivity contribution in [3.05, 3.63) is 82.3 Å². The molecule has 0 spiro atoms. The van der Waals surface area contributed by atoms with Gasteiger partial charge in [0.15, 0.2) is 0 Å². The Balaban J connectivity index is 2.00. The lowest BCUT2D eigenvalue weighted by atomic mass is 9.97. The van der Waals surface area contributed by atoms with Crippen molar-refractivity contribution in [1.82, 2.24) is 0 Å². The summed E-state index contributed by atoms with van der Waals surface area (Å²) < 4.78 is 10.8. The van der Waals surface area contributed by atoms with E-state index in [-0.39, 0.29) is 39.1 Å². The van der Waals surface area contributed by atoms with Crippen LogP contribution in [0.2, 0.25) is 5.02 Å². The van der Waals surface area contributed by atoms with E-state index in [1.807, 2.05) is 0 Å². The van der Waals surface area contributed by atoms with Crippen molar-refractivity contribution in [3.63, 3.8) is 0 Å². The van der Waals surface area contributed by atoms with Gasteiger partial charge in [0.2, 0.25) is 0 Å². The minimum atomic E-state index is -1.10. The number of para-hydroxylation sites is 2. The number of benzene rings is 2. The van der Waals surface area contributed by atoms with Crippen molar-refractivity contribution in [3.8, 4) is 11.5 Å². The average Bonchev–Trinajstić information content (AvgIpc) is 3.35. The summed E-state index contributed by atoms with van der Waals surface area (Å²) in [5, 5.41) is 21.8. The molecule has 2 aromatic carbocycles. The third kappa shape index (κ3) is 3.33. The van der Waals surface area contributed by atoms with Crippen molar-refractivity contribution in [1.29, 1.82) is 0 Å². The lowest BCUT2D eigenvalue weighted by molar-refractivity contribution is -0.132. The Morgan fingerprint density at radius 1 is 1.16 bits per heavy atom. The molecule has 2 heterocycles. The largest absolute Gasteiger partial charge is 0.507 e. The molecule has 0 bridgehead atoms. The first kappa shape index (κ1) is 20.6. The van der Waals surface area contributed by atoms with E-state index in [9.17, 15) is 19.8 Å². The number of anilines is 1. The van der Waals surface area contributed by atoms with Gasteiger partial charge in [0, 0.05) is 0 Å². The average molecular weight is 440 g/mol. The molecule has 158 valence electrons. The van der Waals surface area contributed by atoms with Crippen LogP contribution in [0, 0.1) is 6.92 Å². The second kappa shape index (κ2) is 7.85. The number of hydrogen-bond donors (Lipinski definition) is 2. The van der Waals surface area contributed by atoms with Gasteiger partial charge in [-0.3, -0.25) is 14.5 Å². The summed E-state index contributed by atoms with van der Waals surface area (Å²) in [5.41, 5.74) is 0.790. The number of phenolic OH excluding ortho intramolecular Hbond substituents is 1. The molecule has 0 radical (unpaired) electrons. The van der Waals surface area contributed by atoms with Gasteiger partial charge in [0.25, 0.3) is 11.7 Å². The first-order chi connectivity index (χ1) is 14.8. The number of aliphatic hydroxyl groups excluding tert-OH is 1. The van der Waals surface area contributed by atoms with E-state index in [1.54, 1.807) is 43.3 Å². The molecule has 1 aromatic heterocycles. The number of furan rings is 1. The highest BCUT2D eigenvalue weighted by Crippen LogP contribution is 2.46. The van der Waals surface area contributed by atoms with Crippen molar-refractivity contribution in [2.75, 3.05) is 12.0 Å². The maximum absolute atomic E-state index is 13.1. The number of ether oxygens (including phenoxy) is 1. The maximum atomic E-state index is 13.1. The normalized spacial score (nSPS) is 17.9. The first-order valence-corrected chi connectivity index (χ1v) is 9.69. The van der Waals surface area contributed by atoms with E-state index in [2.05, 4.69) is 0 Å². The first-order valence-electron chi connectivity index (χ1n) is 9.32. The van der Waals surface area contributed by atoms with E-state index in [1.165, 1.54) is 25.5 Å². The van der Waals surface area contributed by atoms with Crippen LogP contribution in [0.4, 0.5) is 5.69 Å². The van der Waals surface area contributed by atoms with Gasteiger partial charge < -0.3 is 19.4 Å². The summed E-state index contributed by atoms with van der Waals surface area (Å²) in [6.07, 6.45) is 1.39. The number of carbonyl (C=O) groups is 2. The van der Waals surface area contributed by atoms with Gasteiger partial charge in [-0.05, 0) is 48.9 Å². The summed E-state index contributed by atoms with van der Waals surface area (Å²) in [7, 11) is 1.39. The number of aliphatic hydroxyl groups is 1. The van der Waals surface area contributed by atoms with Gasteiger partial charge in [-0.25, -0.2) is 0 Å². The number of nitrogens with zero attached hydrogens (tertiary/aromatic N) is 1. The number of methoxy groups -OCH3 is 1. The minimum Gasteiger partial charge on any atom is -0.507 e. The zero-order valence-corrected chi connectivity index (χ0v) is 17.4. The predicted molar refractivity (Wildman–Crippen MR) is 114 cm³/mol. The topological polar surface area (TPSA) is 100 Å². The van der Waals surface area contributed by atoms with Crippen LogP contribution in [0.15, 0.2) is 64.8 Å². The summed E-state index contributed by atoms with van der Waals surface area (Å²) >= 11 is 6.26. The minimum absolute atomic E-state index is 0.110. The van der Waals surface area contributed by atoms with Crippen molar-refractivity contribution in [2.45, 2.75) is 13.0 Å². The number of Topliss-reactive ketones (excluding diaryl/α,β-unsaturated/α-hetero) is 1. The van der Waals surface area contributed by atoms with Crippen LogP contribution in [0.5, 0.6) is 11.5 Å². The Morgan fingerprint density at radius 3 is 2.55 bits per heavy atom. The molecule has 0 aliphatic carbocycles. The van der Waals surface area contributed by atoms with E-state index in [4.69, 9.17) is 20.8 Å². The summed E-state index contributed by atoms with van der Waals surface area (Å²) in [6.45, 7) is 1.77. The van der Waals surface area contributed by atoms with Gasteiger partial charge >= 0.3 is 0 Å². The Labute approximate surface area is 182 Å². The van der Waals surface area contributed by atoms with Crippen molar-refractivity contribution < 1.29 is 29.0 Å². The number of halogens is 1. The fourth-order valence-corrected chi connectivity index (χ4v) is 4.07. The highest BCUT2D eigenvalue weighted by atomic mass is 35.5. The van der Waals surface area contributed by atoms with Gasteiger partial charge in [-0.2, -0.15) is 0 Å². The highest BCUT2D eigenvalue weighted by Gasteiger charge is 2.49. The van der Waals surface area contributed by atoms with Crippen molar-refractivity contribution >= 4 is 34.7 Å². The van der Waals surface area contributed by atoms with Crippen LogP contribution in [-0.4, -0.2) is 29.0 Å². The molecule has 31 heavy (non-hydrogen) atoms. The van der Waals surface area contributed by atoms with Gasteiger partial charge in [0.1, 0.15) is 29.1 Å². The molecule has 0 saturated carbocycles. The smallest absolute Gasteiger partial charge is 0.300 e. The number of rotatable bonds is 4. The third-order valence-electron chi connectivity index (χ3n) is 5.05. The molecule has 1 aliphatic rings. The number of carbonyl (C=O) groups excluding carboxylic acids is 2. The van der Waals surface area contributed by atoms with Gasteiger partial charge in [-0.1, -0.05) is 23.7 Å². The molecule has 1 fully saturated rings. The van der Waals surface area contributed by atoms with E-state index < -0.39 is 23.5 Å². The number of amides is 1. The molecular formula is C23H18ClNO6. The number of aryl methyl sites for hydroxylation is 1. The number of phenols is 1. The second-order valence-corrected chi connectivity index (χ2v) is 7.41. The van der Waals surface area contributed by atoms with Crippen LogP contribution in [0.25, 0.3) is 5.76 Å². The van der Waals surface area contributed by atoms with Crippen LogP contribution in [-0.2, 0) is 9.59 Å². The molecule has 7 nitrogen and oxygen atoms in total. The van der Waals surface area contributed by atoms with Crippen LogP contribution >= 0.6 is 11.6 Å². The Morgan fingerprint density at radius 2 is 1.90 bits per heavy atom. The van der Waals surface area contributed by atoms with E-state index in [0.29, 0.717) is 0 Å². The maximum Gasteiger partial charge on any atom is 0.300 e. The number of hydrogen-bond acceptors (Lipinski definition) is 6. The molecule has 4 rings (SSSR count). The number of aromatic hydroxyl groups is 1. The summed E-state index contributed by atoms with van der Waals surface area (Å²) in [5.74, 6) is -2.10. The van der Waals surface area contributed by atoms with Crippen LogP contribution < -0.4 is 9.64 Å². The standard InChI is InChI=1S/C23H18ClNO6/c1-12-10-13(22(30-2)14(24)11-12)20(27)18-19(17-8-5-9-31-17)25(23(29)21(18)28)15-6-3-4-7-16(15)26/h3-11,19,26-27H,1-2H3/b20-18-. The molecule has 1 aliphatic heterocycles. The zero-order valence-electron chi connectivity index (χ0n) is 16.6. The monoisotopic (exact) mass is 439 g/mol. The van der Waals surface area contributed by atoms with Crippen LogP contribution in [0.1, 0.15) is 22.9 Å². The molecular weight excluding hydrogens is 422 g/mol.